The van der Waals surface area contributed by atoms with Gasteiger partial charge >= 0.3 is 6.01 Å². The number of terminal acetylenes is 1. The molecule has 7 heterocycles. The van der Waals surface area contributed by atoms with Crippen molar-refractivity contribution in [3.05, 3.63) is 59.6 Å². The molecule has 4 unspecified atom stereocenters. The highest BCUT2D eigenvalue weighted by atomic mass is 19.1. The van der Waals surface area contributed by atoms with E-state index in [4.69, 9.17) is 25.9 Å². The van der Waals surface area contributed by atoms with E-state index in [0.717, 1.165) is 51.7 Å². The first-order valence-electron chi connectivity index (χ1n) is 16.3. The SMILES string of the molecule is C#Cc1cccc2cc(O)cc(-c3ncc4c(N5CC6CCC(C5)N6)nc(OCC56CCCN5C5COCC=C5C6)nc4c3F)c12. The molecule has 4 atom stereocenters. The predicted molar refractivity (Wildman–Crippen MR) is 173 cm³/mol. The first kappa shape index (κ1) is 28.0. The van der Waals surface area contributed by atoms with Crippen LogP contribution in [0.3, 0.4) is 0 Å². The molecule has 5 aliphatic heterocycles. The van der Waals surface area contributed by atoms with E-state index in [2.05, 4.69) is 32.1 Å². The molecule has 4 aromatic rings. The van der Waals surface area contributed by atoms with Crippen molar-refractivity contribution in [2.75, 3.05) is 44.4 Å². The van der Waals surface area contributed by atoms with Crippen LogP contribution in [0.1, 0.15) is 37.7 Å². The van der Waals surface area contributed by atoms with Crippen LogP contribution in [0.5, 0.6) is 11.8 Å². The molecule has 5 aliphatic rings. The van der Waals surface area contributed by atoms with E-state index < -0.39 is 5.82 Å². The molecule has 46 heavy (non-hydrogen) atoms. The number of benzene rings is 2. The summed E-state index contributed by atoms with van der Waals surface area (Å²) in [6.45, 7) is 4.32. The molecule has 0 amide bonds. The topological polar surface area (TPSA) is 95.9 Å². The van der Waals surface area contributed by atoms with Gasteiger partial charge in [-0.1, -0.05) is 29.7 Å². The number of hydrogen-bond donors (Lipinski definition) is 2. The molecule has 9 nitrogen and oxygen atoms in total. The number of anilines is 1. The third-order valence-corrected chi connectivity index (χ3v) is 10.7. The highest BCUT2D eigenvalue weighted by Gasteiger charge is 2.52. The molecule has 0 radical (unpaired) electrons. The number of aromatic nitrogens is 3. The van der Waals surface area contributed by atoms with E-state index in [-0.39, 0.29) is 28.5 Å². The Bertz CT molecular complexity index is 1960. The minimum atomic E-state index is -0.599. The summed E-state index contributed by atoms with van der Waals surface area (Å²) < 4.78 is 29.2. The van der Waals surface area contributed by atoms with Gasteiger partial charge in [-0.15, -0.1) is 6.42 Å². The highest BCUT2D eigenvalue weighted by Crippen LogP contribution is 2.46. The number of rotatable bonds is 5. The molecule has 4 fully saturated rings. The normalized spacial score (nSPS) is 27.1. The fraction of sp³-hybridized carbons (Fsp3) is 0.417. The van der Waals surface area contributed by atoms with Crippen LogP contribution >= 0.6 is 0 Å². The van der Waals surface area contributed by atoms with E-state index in [1.165, 1.54) is 11.6 Å². The van der Waals surface area contributed by atoms with E-state index >= 15 is 4.39 Å². The Morgan fingerprint density at radius 3 is 2.91 bits per heavy atom. The lowest BCUT2D eigenvalue weighted by molar-refractivity contribution is 0.0435. The zero-order valence-corrected chi connectivity index (χ0v) is 25.5. The summed E-state index contributed by atoms with van der Waals surface area (Å²) >= 11 is 0. The Morgan fingerprint density at radius 2 is 2.07 bits per heavy atom. The summed E-state index contributed by atoms with van der Waals surface area (Å²) in [6.07, 6.45) is 15.0. The number of nitrogens with zero attached hydrogens (tertiary/aromatic N) is 5. The monoisotopic (exact) mass is 618 g/mol. The Labute approximate surface area is 266 Å². The zero-order valence-electron chi connectivity index (χ0n) is 25.5. The summed E-state index contributed by atoms with van der Waals surface area (Å²) in [4.78, 5) is 19.1. The maximum absolute atomic E-state index is 16.9. The molecule has 0 aliphatic carbocycles. The number of ether oxygens (including phenoxy) is 2. The van der Waals surface area contributed by atoms with Crippen LogP contribution in [0, 0.1) is 18.2 Å². The average molecular weight is 619 g/mol. The number of hydrogen-bond acceptors (Lipinski definition) is 9. The van der Waals surface area contributed by atoms with Crippen LogP contribution in [-0.4, -0.2) is 88.1 Å². The third kappa shape index (κ3) is 4.37. The zero-order chi connectivity index (χ0) is 31.0. The van der Waals surface area contributed by atoms with Gasteiger partial charge in [0.05, 0.1) is 30.2 Å². The Kier molecular flexibility index (Phi) is 6.46. The van der Waals surface area contributed by atoms with Crippen LogP contribution in [0.15, 0.2) is 48.2 Å². The Balaban J connectivity index is 1.16. The molecule has 2 aromatic heterocycles. The number of fused-ring (bicyclic) bond motifs is 7. The van der Waals surface area contributed by atoms with Crippen LogP contribution in [0.4, 0.5) is 10.2 Å². The van der Waals surface area contributed by atoms with Crippen molar-refractivity contribution in [1.29, 1.82) is 0 Å². The van der Waals surface area contributed by atoms with Gasteiger partial charge in [0, 0.05) is 47.9 Å². The van der Waals surface area contributed by atoms with Gasteiger partial charge in [-0.3, -0.25) is 9.88 Å². The minimum absolute atomic E-state index is 0.000298. The number of halogens is 1. The molecule has 2 bridgehead atoms. The number of pyridine rings is 1. The lowest BCUT2D eigenvalue weighted by Gasteiger charge is -2.35. The van der Waals surface area contributed by atoms with Crippen molar-refractivity contribution < 1.29 is 19.0 Å². The first-order chi connectivity index (χ1) is 22.5. The van der Waals surface area contributed by atoms with E-state index in [1.54, 1.807) is 18.3 Å². The van der Waals surface area contributed by atoms with Gasteiger partial charge < -0.3 is 24.8 Å². The van der Waals surface area contributed by atoms with Gasteiger partial charge in [-0.05, 0) is 62.2 Å². The van der Waals surface area contributed by atoms with Crippen LogP contribution < -0.4 is 15.0 Å². The maximum atomic E-state index is 16.9. The minimum Gasteiger partial charge on any atom is -0.508 e. The van der Waals surface area contributed by atoms with Crippen molar-refractivity contribution in [1.82, 2.24) is 25.2 Å². The summed E-state index contributed by atoms with van der Waals surface area (Å²) in [7, 11) is 0. The number of piperazine rings is 1. The Hall–Kier alpha value is -4.30. The molecule has 234 valence electrons. The number of aromatic hydroxyl groups is 1. The van der Waals surface area contributed by atoms with Gasteiger partial charge in [-0.2, -0.15) is 9.97 Å². The second-order valence-electron chi connectivity index (χ2n) is 13.4. The van der Waals surface area contributed by atoms with Gasteiger partial charge in [-0.25, -0.2) is 4.39 Å². The molecule has 0 saturated carbocycles. The fourth-order valence-electron chi connectivity index (χ4n) is 8.69. The summed E-state index contributed by atoms with van der Waals surface area (Å²) in [5.74, 6) is 2.74. The lowest BCUT2D eigenvalue weighted by Crippen LogP contribution is -2.51. The molecule has 2 N–H and O–H groups in total. The summed E-state index contributed by atoms with van der Waals surface area (Å²) in [6, 6.07) is 9.77. The number of nitrogens with one attached hydrogen (secondary N) is 1. The van der Waals surface area contributed by atoms with E-state index in [1.807, 2.05) is 12.1 Å². The van der Waals surface area contributed by atoms with Crippen molar-refractivity contribution in [2.45, 2.75) is 55.8 Å². The molecular weight excluding hydrogens is 583 g/mol. The fourth-order valence-corrected chi connectivity index (χ4v) is 8.69. The lowest BCUT2D eigenvalue weighted by atomic mass is 9.92. The third-order valence-electron chi connectivity index (χ3n) is 10.7. The molecule has 4 saturated heterocycles. The smallest absolute Gasteiger partial charge is 0.319 e. The van der Waals surface area contributed by atoms with Crippen LogP contribution in [-0.2, 0) is 4.74 Å². The summed E-state index contributed by atoms with van der Waals surface area (Å²) in [5, 5.41) is 16.2. The number of phenols is 1. The summed E-state index contributed by atoms with van der Waals surface area (Å²) in [5.41, 5.74) is 2.50. The standard InChI is InChI=1S/C36H35FN6O3/c1-2-21-5-3-6-22-13-26(44)14-27(30(21)22)32-31(37)33-28(16-38-32)34(42-17-24-7-8-25(18-42)39-24)41-35(40-33)46-20-36-10-4-11-43(36)29-19-45-12-9-23(29)15-36/h1,3,5-6,9,13-14,16,24-25,29,39,44H,4,7-8,10-12,15,17-20H2. The maximum Gasteiger partial charge on any atom is 0.319 e. The predicted octanol–water partition coefficient (Wildman–Crippen LogP) is 4.55. The van der Waals surface area contributed by atoms with Crippen molar-refractivity contribution in [3.8, 4) is 35.4 Å². The van der Waals surface area contributed by atoms with Crippen molar-refractivity contribution >= 4 is 27.5 Å². The average Bonchev–Trinajstić information content (AvgIpc) is 3.73. The van der Waals surface area contributed by atoms with Crippen LogP contribution in [0.25, 0.3) is 32.9 Å². The van der Waals surface area contributed by atoms with Gasteiger partial charge in [0.25, 0.3) is 0 Å². The largest absolute Gasteiger partial charge is 0.508 e. The molecule has 9 rings (SSSR count). The van der Waals surface area contributed by atoms with Crippen molar-refractivity contribution in [3.63, 3.8) is 0 Å². The molecule has 10 heteroatoms. The Morgan fingerprint density at radius 1 is 1.20 bits per heavy atom. The van der Waals surface area contributed by atoms with Crippen molar-refractivity contribution in [2.24, 2.45) is 0 Å². The molecular formula is C36H35FN6O3. The van der Waals surface area contributed by atoms with Crippen LogP contribution in [0.2, 0.25) is 0 Å². The van der Waals surface area contributed by atoms with E-state index in [9.17, 15) is 5.11 Å². The van der Waals surface area contributed by atoms with Gasteiger partial charge in [0.1, 0.15) is 29.4 Å². The quantitative estimate of drug-likeness (QED) is 0.247. The van der Waals surface area contributed by atoms with E-state index in [0.29, 0.717) is 71.0 Å². The second-order valence-corrected chi connectivity index (χ2v) is 13.4. The second kappa shape index (κ2) is 10.6. The highest BCUT2D eigenvalue weighted by molar-refractivity contribution is 6.02. The molecule has 2 aromatic carbocycles. The number of phenolic OH excluding ortho intramolecular Hbond substituents is 1. The first-order valence-corrected chi connectivity index (χ1v) is 16.3. The van der Waals surface area contributed by atoms with Gasteiger partial charge in [0.15, 0.2) is 5.82 Å². The molecule has 0 spiro atoms. The van der Waals surface area contributed by atoms with Gasteiger partial charge in [0.2, 0.25) is 0 Å².